The van der Waals surface area contributed by atoms with Gasteiger partial charge in [-0.3, -0.25) is 9.52 Å². The molecule has 0 radical (unpaired) electrons. The second-order valence-electron chi connectivity index (χ2n) is 6.76. The van der Waals surface area contributed by atoms with Crippen LogP contribution in [0.25, 0.3) is 0 Å². The first-order valence-corrected chi connectivity index (χ1v) is 11.2. The Balaban J connectivity index is 1.85. The van der Waals surface area contributed by atoms with E-state index in [4.69, 9.17) is 16.7 Å². The topological polar surface area (TPSA) is 83.5 Å². The van der Waals surface area contributed by atoms with Crippen molar-refractivity contribution >= 4 is 27.6 Å². The Morgan fingerprint density at radius 3 is 2.93 bits per heavy atom. The lowest BCUT2D eigenvalue weighted by Gasteiger charge is -2.20. The molecular weight excluding hydrogens is 386 g/mol. The number of hydrogen-bond donors (Lipinski definition) is 2. The van der Waals surface area contributed by atoms with Gasteiger partial charge < -0.3 is 5.11 Å². The van der Waals surface area contributed by atoms with Crippen LogP contribution in [0.3, 0.4) is 0 Å². The van der Waals surface area contributed by atoms with Crippen molar-refractivity contribution < 1.29 is 18.3 Å². The van der Waals surface area contributed by atoms with Crippen molar-refractivity contribution in [3.63, 3.8) is 0 Å². The molecule has 0 aliphatic heterocycles. The average molecular weight is 412 g/mol. The van der Waals surface area contributed by atoms with Gasteiger partial charge in [0, 0.05) is 17.1 Å². The number of halogens is 1. The van der Waals surface area contributed by atoms with Crippen molar-refractivity contribution in [3.05, 3.63) is 58.8 Å². The molecule has 1 aromatic rings. The Morgan fingerprint density at radius 2 is 2.19 bits per heavy atom. The zero-order valence-corrected chi connectivity index (χ0v) is 16.8. The predicted octanol–water partition coefficient (Wildman–Crippen LogP) is 4.30. The molecule has 1 aliphatic rings. The van der Waals surface area contributed by atoms with Gasteiger partial charge in [0.15, 0.2) is 0 Å². The van der Waals surface area contributed by atoms with Gasteiger partial charge in [-0.25, -0.2) is 8.42 Å². The fourth-order valence-corrected chi connectivity index (χ4v) is 4.42. The fourth-order valence-electron chi connectivity index (χ4n) is 3.03. The molecule has 2 rings (SSSR count). The van der Waals surface area contributed by atoms with Crippen LogP contribution in [-0.2, 0) is 21.2 Å². The molecule has 0 bridgehead atoms. The number of hydrogen-bond acceptors (Lipinski definition) is 3. The number of aliphatic carboxylic acids is 1. The van der Waals surface area contributed by atoms with Crippen LogP contribution >= 0.6 is 11.6 Å². The second kappa shape index (κ2) is 10.5. The minimum atomic E-state index is -3.41. The number of carbonyl (C=O) groups is 1. The predicted molar refractivity (Wildman–Crippen MR) is 108 cm³/mol. The van der Waals surface area contributed by atoms with Crippen LogP contribution in [0.4, 0.5) is 0 Å². The van der Waals surface area contributed by atoms with Gasteiger partial charge in [0.25, 0.3) is 0 Å². The molecule has 0 saturated carbocycles. The van der Waals surface area contributed by atoms with E-state index in [9.17, 15) is 13.2 Å². The van der Waals surface area contributed by atoms with Gasteiger partial charge in [-0.2, -0.15) is 0 Å². The maximum absolute atomic E-state index is 12.4. The summed E-state index contributed by atoms with van der Waals surface area (Å²) >= 11 is 5.93. The number of nitrogens with one attached hydrogen (secondary N) is 1. The van der Waals surface area contributed by atoms with E-state index in [0.717, 1.165) is 36.9 Å². The molecule has 0 fully saturated rings. The summed E-state index contributed by atoms with van der Waals surface area (Å²) in [5, 5.41) is 9.23. The van der Waals surface area contributed by atoms with Gasteiger partial charge in [0.1, 0.15) is 0 Å². The molecule has 1 atom stereocenters. The van der Waals surface area contributed by atoms with Crippen LogP contribution in [0.1, 0.15) is 44.1 Å². The molecule has 5 nitrogen and oxygen atoms in total. The van der Waals surface area contributed by atoms with E-state index in [0.29, 0.717) is 17.9 Å². The molecule has 1 aliphatic carbocycles. The maximum atomic E-state index is 12.4. The lowest BCUT2D eigenvalue weighted by atomic mass is 9.93. The SMILES string of the molecule is O=C(O)CCCC=CC1C=C(NS(=O)(=O)CCc2cccc(Cl)c2)CCC1. The minimum absolute atomic E-state index is 0.0143. The third-order valence-corrected chi connectivity index (χ3v) is 5.93. The van der Waals surface area contributed by atoms with Crippen LogP contribution in [-0.4, -0.2) is 25.2 Å². The van der Waals surface area contributed by atoms with E-state index in [1.807, 2.05) is 30.4 Å². The molecular formula is C20H26ClNO4S. The average Bonchev–Trinajstić information content (AvgIpc) is 2.60. The van der Waals surface area contributed by atoms with Crippen molar-refractivity contribution in [1.82, 2.24) is 4.72 Å². The standard InChI is InChI=1S/C20H26ClNO4S/c21-18-9-4-7-17(14-18)12-13-27(25,26)22-19-10-5-8-16(15-19)6-2-1-3-11-20(23)24/h2,4,6-7,9,14-16,22H,1,3,5,8,10-13H2,(H,23,24). The van der Waals surface area contributed by atoms with Gasteiger partial charge in [-0.1, -0.05) is 42.0 Å². The van der Waals surface area contributed by atoms with Gasteiger partial charge in [-0.05, 0) is 62.1 Å². The number of carboxylic acids is 1. The second-order valence-corrected chi connectivity index (χ2v) is 9.04. The highest BCUT2D eigenvalue weighted by Gasteiger charge is 2.17. The molecule has 1 unspecified atom stereocenters. The monoisotopic (exact) mass is 411 g/mol. The van der Waals surface area contributed by atoms with E-state index in [2.05, 4.69) is 4.72 Å². The van der Waals surface area contributed by atoms with E-state index in [-0.39, 0.29) is 18.1 Å². The third kappa shape index (κ3) is 8.63. The number of carboxylic acid groups (broad SMARTS) is 1. The Labute approximate surface area is 166 Å². The lowest BCUT2D eigenvalue weighted by molar-refractivity contribution is -0.137. The fraction of sp³-hybridized carbons (Fsp3) is 0.450. The van der Waals surface area contributed by atoms with Gasteiger partial charge >= 0.3 is 5.97 Å². The van der Waals surface area contributed by atoms with Crippen LogP contribution < -0.4 is 4.72 Å². The van der Waals surface area contributed by atoms with Gasteiger partial charge in [0.05, 0.1) is 5.75 Å². The molecule has 1 aromatic carbocycles. The molecule has 0 saturated heterocycles. The van der Waals surface area contributed by atoms with E-state index in [1.54, 1.807) is 12.1 Å². The van der Waals surface area contributed by atoms with Crippen molar-refractivity contribution in [2.75, 3.05) is 5.75 Å². The van der Waals surface area contributed by atoms with Crippen LogP contribution in [0, 0.1) is 5.92 Å². The summed E-state index contributed by atoms with van der Waals surface area (Å²) in [4.78, 5) is 10.5. The first kappa shape index (κ1) is 21.5. The summed E-state index contributed by atoms with van der Waals surface area (Å²) in [5.41, 5.74) is 1.64. The number of aryl methyl sites for hydroxylation is 1. The molecule has 0 amide bonds. The van der Waals surface area contributed by atoms with E-state index >= 15 is 0 Å². The van der Waals surface area contributed by atoms with Crippen molar-refractivity contribution in [3.8, 4) is 0 Å². The quantitative estimate of drug-likeness (QED) is 0.444. The normalized spacial score (nSPS) is 17.7. The van der Waals surface area contributed by atoms with Gasteiger partial charge in [-0.15, -0.1) is 0 Å². The molecule has 0 heterocycles. The summed E-state index contributed by atoms with van der Waals surface area (Å²) in [6.07, 6.45) is 10.5. The van der Waals surface area contributed by atoms with Crippen LogP contribution in [0.2, 0.25) is 5.02 Å². The number of unbranched alkanes of at least 4 members (excludes halogenated alkanes) is 1. The Kier molecular flexibility index (Phi) is 8.38. The third-order valence-electron chi connectivity index (χ3n) is 4.38. The first-order valence-electron chi connectivity index (χ1n) is 9.18. The van der Waals surface area contributed by atoms with Crippen molar-refractivity contribution in [2.45, 2.75) is 44.9 Å². The largest absolute Gasteiger partial charge is 0.481 e. The number of sulfonamides is 1. The Hall–Kier alpha value is -1.79. The zero-order valence-electron chi connectivity index (χ0n) is 15.2. The maximum Gasteiger partial charge on any atom is 0.303 e. The summed E-state index contributed by atoms with van der Waals surface area (Å²) in [5.74, 6) is -0.579. The highest BCUT2D eigenvalue weighted by Crippen LogP contribution is 2.23. The molecule has 7 heteroatoms. The Morgan fingerprint density at radius 1 is 1.37 bits per heavy atom. The van der Waals surface area contributed by atoms with Crippen molar-refractivity contribution in [2.24, 2.45) is 5.92 Å². The smallest absolute Gasteiger partial charge is 0.303 e. The number of rotatable bonds is 10. The van der Waals surface area contributed by atoms with Crippen LogP contribution in [0.5, 0.6) is 0 Å². The molecule has 27 heavy (non-hydrogen) atoms. The highest BCUT2D eigenvalue weighted by atomic mass is 35.5. The number of allylic oxidation sites excluding steroid dienone is 4. The lowest BCUT2D eigenvalue weighted by Crippen LogP contribution is -2.28. The van der Waals surface area contributed by atoms with Crippen LogP contribution in [0.15, 0.2) is 48.2 Å². The van der Waals surface area contributed by atoms with Gasteiger partial charge in [0.2, 0.25) is 10.0 Å². The molecule has 2 N–H and O–H groups in total. The molecule has 0 spiro atoms. The summed E-state index contributed by atoms with van der Waals surface area (Å²) in [7, 11) is -3.41. The van der Waals surface area contributed by atoms with Crippen molar-refractivity contribution in [1.29, 1.82) is 0 Å². The summed E-state index contributed by atoms with van der Waals surface area (Å²) < 4.78 is 27.5. The molecule has 0 aromatic heterocycles. The van der Waals surface area contributed by atoms with E-state index < -0.39 is 16.0 Å². The zero-order chi connectivity index (χ0) is 19.7. The van der Waals surface area contributed by atoms with E-state index in [1.165, 1.54) is 0 Å². The highest BCUT2D eigenvalue weighted by molar-refractivity contribution is 7.89. The summed E-state index contributed by atoms with van der Waals surface area (Å²) in [6, 6.07) is 7.23. The molecule has 148 valence electrons. The number of benzene rings is 1. The minimum Gasteiger partial charge on any atom is -0.481 e. The summed E-state index contributed by atoms with van der Waals surface area (Å²) in [6.45, 7) is 0. The first-order chi connectivity index (χ1) is 12.8. The Bertz CT molecular complexity index is 802.